The van der Waals surface area contributed by atoms with Crippen LogP contribution in [0.3, 0.4) is 0 Å². The SMILES string of the molecule is CCCN1C(=O)/C(=C\c2ccccc2OCc2ccc(Cl)cc2Cl)SC1=Nc1ccccc1. The molecule has 3 aromatic rings. The first-order valence-corrected chi connectivity index (χ1v) is 12.1. The molecule has 1 fully saturated rings. The lowest BCUT2D eigenvalue weighted by molar-refractivity contribution is -0.122. The van der Waals surface area contributed by atoms with Crippen molar-refractivity contribution in [2.75, 3.05) is 6.54 Å². The summed E-state index contributed by atoms with van der Waals surface area (Å²) in [6, 6.07) is 22.6. The Bertz CT molecular complexity index is 1210. The lowest BCUT2D eigenvalue weighted by Gasteiger charge is -2.14. The highest BCUT2D eigenvalue weighted by Crippen LogP contribution is 2.36. The number of amidine groups is 1. The molecule has 0 spiro atoms. The molecule has 7 heteroatoms. The summed E-state index contributed by atoms with van der Waals surface area (Å²) in [6.07, 6.45) is 2.71. The normalized spacial score (nSPS) is 16.1. The van der Waals surface area contributed by atoms with Crippen LogP contribution in [-0.4, -0.2) is 22.5 Å². The maximum Gasteiger partial charge on any atom is 0.266 e. The number of hydrogen-bond acceptors (Lipinski definition) is 4. The largest absolute Gasteiger partial charge is 0.488 e. The number of carbonyl (C=O) groups excluding carboxylic acids is 1. The van der Waals surface area contributed by atoms with Crippen LogP contribution in [0.5, 0.6) is 5.75 Å². The zero-order valence-electron chi connectivity index (χ0n) is 18.0. The second kappa shape index (κ2) is 10.9. The summed E-state index contributed by atoms with van der Waals surface area (Å²) in [4.78, 5) is 20.2. The smallest absolute Gasteiger partial charge is 0.266 e. The maximum absolute atomic E-state index is 13.2. The third-order valence-corrected chi connectivity index (χ3v) is 6.51. The van der Waals surface area contributed by atoms with E-state index in [1.165, 1.54) is 11.8 Å². The molecule has 0 bridgehead atoms. The number of aliphatic imine (C=N–C) groups is 1. The summed E-state index contributed by atoms with van der Waals surface area (Å²) in [7, 11) is 0. The minimum absolute atomic E-state index is 0.0490. The Hall–Kier alpha value is -2.73. The molecule has 0 aliphatic carbocycles. The molecule has 4 rings (SSSR count). The van der Waals surface area contributed by atoms with Gasteiger partial charge in [0.25, 0.3) is 5.91 Å². The fourth-order valence-corrected chi connectivity index (χ4v) is 4.77. The predicted molar refractivity (Wildman–Crippen MR) is 138 cm³/mol. The van der Waals surface area contributed by atoms with Gasteiger partial charge < -0.3 is 4.74 Å². The Balaban J connectivity index is 1.59. The molecule has 168 valence electrons. The molecule has 1 aliphatic rings. The Kier molecular flexibility index (Phi) is 7.76. The van der Waals surface area contributed by atoms with Gasteiger partial charge in [0.15, 0.2) is 5.17 Å². The van der Waals surface area contributed by atoms with Gasteiger partial charge in [-0.15, -0.1) is 0 Å². The zero-order chi connectivity index (χ0) is 23.2. The van der Waals surface area contributed by atoms with Gasteiger partial charge in [-0.2, -0.15) is 0 Å². The second-order valence-corrected chi connectivity index (χ2v) is 9.21. The molecule has 0 radical (unpaired) electrons. The van der Waals surface area contributed by atoms with E-state index in [0.717, 1.165) is 23.2 Å². The minimum atomic E-state index is -0.0490. The van der Waals surface area contributed by atoms with Gasteiger partial charge in [-0.1, -0.05) is 72.6 Å². The molecule has 0 saturated carbocycles. The molecule has 1 aliphatic heterocycles. The molecule has 3 aromatic carbocycles. The summed E-state index contributed by atoms with van der Waals surface area (Å²) in [5.74, 6) is 0.618. The van der Waals surface area contributed by atoms with Gasteiger partial charge in [0.1, 0.15) is 12.4 Å². The predicted octanol–water partition coefficient (Wildman–Crippen LogP) is 7.59. The van der Waals surface area contributed by atoms with Gasteiger partial charge in [0.2, 0.25) is 0 Å². The highest BCUT2D eigenvalue weighted by atomic mass is 35.5. The van der Waals surface area contributed by atoms with Gasteiger partial charge in [-0.05, 0) is 54.6 Å². The molecule has 4 nitrogen and oxygen atoms in total. The zero-order valence-corrected chi connectivity index (χ0v) is 20.3. The van der Waals surface area contributed by atoms with Crippen LogP contribution in [0.1, 0.15) is 24.5 Å². The average molecular weight is 497 g/mol. The van der Waals surface area contributed by atoms with E-state index in [0.29, 0.717) is 39.0 Å². The van der Waals surface area contributed by atoms with Crippen LogP contribution in [0, 0.1) is 0 Å². The first kappa shape index (κ1) is 23.4. The molecular weight excluding hydrogens is 475 g/mol. The van der Waals surface area contributed by atoms with Crippen molar-refractivity contribution >= 4 is 57.8 Å². The van der Waals surface area contributed by atoms with E-state index in [1.54, 1.807) is 17.0 Å². The number of hydrogen-bond donors (Lipinski definition) is 0. The van der Waals surface area contributed by atoms with E-state index in [4.69, 9.17) is 32.9 Å². The fraction of sp³-hybridized carbons (Fsp3) is 0.154. The summed E-state index contributed by atoms with van der Waals surface area (Å²) in [5.41, 5.74) is 2.47. The van der Waals surface area contributed by atoms with E-state index in [9.17, 15) is 4.79 Å². The number of nitrogens with zero attached hydrogens (tertiary/aromatic N) is 2. The number of para-hydroxylation sites is 2. The average Bonchev–Trinajstić information content (AvgIpc) is 3.09. The third kappa shape index (κ3) is 5.80. The summed E-state index contributed by atoms with van der Waals surface area (Å²) in [6.45, 7) is 2.95. The van der Waals surface area contributed by atoms with Crippen LogP contribution >= 0.6 is 35.0 Å². The van der Waals surface area contributed by atoms with E-state index >= 15 is 0 Å². The third-order valence-electron chi connectivity index (χ3n) is 4.92. The van der Waals surface area contributed by atoms with Crippen molar-refractivity contribution in [1.82, 2.24) is 4.90 Å². The van der Waals surface area contributed by atoms with Crippen LogP contribution in [0.25, 0.3) is 6.08 Å². The van der Waals surface area contributed by atoms with E-state index in [-0.39, 0.29) is 5.91 Å². The van der Waals surface area contributed by atoms with Gasteiger partial charge in [0.05, 0.1) is 10.6 Å². The number of benzene rings is 3. The highest BCUT2D eigenvalue weighted by Gasteiger charge is 2.33. The van der Waals surface area contributed by atoms with Crippen molar-refractivity contribution in [3.63, 3.8) is 0 Å². The second-order valence-electron chi connectivity index (χ2n) is 7.36. The molecule has 33 heavy (non-hydrogen) atoms. The molecule has 1 heterocycles. The molecule has 0 aromatic heterocycles. The van der Waals surface area contributed by atoms with Crippen LogP contribution in [0.4, 0.5) is 5.69 Å². The van der Waals surface area contributed by atoms with E-state index < -0.39 is 0 Å². The van der Waals surface area contributed by atoms with Gasteiger partial charge >= 0.3 is 0 Å². The van der Waals surface area contributed by atoms with Crippen LogP contribution in [-0.2, 0) is 11.4 Å². The van der Waals surface area contributed by atoms with Gasteiger partial charge in [0, 0.05) is 27.7 Å². The van der Waals surface area contributed by atoms with Crippen LogP contribution in [0.15, 0.2) is 82.7 Å². The fourth-order valence-electron chi connectivity index (χ4n) is 3.29. The topological polar surface area (TPSA) is 41.9 Å². The molecule has 0 unspecified atom stereocenters. The number of thioether (sulfide) groups is 1. The number of ether oxygens (including phenoxy) is 1. The Labute approximate surface area is 207 Å². The van der Waals surface area contributed by atoms with E-state index in [1.807, 2.05) is 73.7 Å². The quantitative estimate of drug-likeness (QED) is 0.316. The number of carbonyl (C=O) groups is 1. The molecule has 1 saturated heterocycles. The monoisotopic (exact) mass is 496 g/mol. The van der Waals surface area contributed by atoms with Gasteiger partial charge in [-0.3, -0.25) is 9.69 Å². The lowest BCUT2D eigenvalue weighted by atomic mass is 10.1. The minimum Gasteiger partial charge on any atom is -0.488 e. The molecular formula is C26H22Cl2N2O2S. The summed E-state index contributed by atoms with van der Waals surface area (Å²) < 4.78 is 6.05. The number of rotatable bonds is 7. The summed E-state index contributed by atoms with van der Waals surface area (Å²) >= 11 is 13.6. The summed E-state index contributed by atoms with van der Waals surface area (Å²) in [5, 5.41) is 1.82. The molecule has 0 N–H and O–H groups in total. The molecule has 0 atom stereocenters. The van der Waals surface area contributed by atoms with Crippen molar-refractivity contribution in [3.8, 4) is 5.75 Å². The molecule has 1 amide bonds. The Morgan fingerprint density at radius 3 is 2.55 bits per heavy atom. The lowest BCUT2D eigenvalue weighted by Crippen LogP contribution is -2.29. The van der Waals surface area contributed by atoms with Crippen molar-refractivity contribution in [3.05, 3.63) is 98.9 Å². The first-order valence-electron chi connectivity index (χ1n) is 10.6. The van der Waals surface area contributed by atoms with Gasteiger partial charge in [-0.25, -0.2) is 4.99 Å². The van der Waals surface area contributed by atoms with E-state index in [2.05, 4.69) is 0 Å². The van der Waals surface area contributed by atoms with Crippen molar-refractivity contribution < 1.29 is 9.53 Å². The Morgan fingerprint density at radius 2 is 1.79 bits per heavy atom. The highest BCUT2D eigenvalue weighted by molar-refractivity contribution is 8.18. The number of amides is 1. The Morgan fingerprint density at radius 1 is 1.03 bits per heavy atom. The van der Waals surface area contributed by atoms with Crippen LogP contribution in [0.2, 0.25) is 10.0 Å². The van der Waals surface area contributed by atoms with Crippen LogP contribution < -0.4 is 4.74 Å². The van der Waals surface area contributed by atoms with Crippen molar-refractivity contribution in [1.29, 1.82) is 0 Å². The maximum atomic E-state index is 13.2. The number of halogens is 2. The van der Waals surface area contributed by atoms with Crippen molar-refractivity contribution in [2.45, 2.75) is 20.0 Å². The first-order chi connectivity index (χ1) is 16.0. The van der Waals surface area contributed by atoms with Crippen molar-refractivity contribution in [2.24, 2.45) is 4.99 Å². The standard InChI is InChI=1S/C26H22Cl2N2O2S/c1-2-14-30-25(31)24(33-26(30)29-21-9-4-3-5-10-21)15-18-8-6-7-11-23(18)32-17-19-12-13-20(27)16-22(19)28/h3-13,15-16H,2,14,17H2,1H3/b24-15+,29-26?.